The number of hydrogen-bond donors (Lipinski definition) is 2. The summed E-state index contributed by atoms with van der Waals surface area (Å²) in [6, 6.07) is 10.4. The standard InChI is InChI=1S/C15H20N2O/c1-3-4-12-5-7-13(8-6-12)14(17-16)15-11(2)9-10-18-15/h5-10,14,17H,3-4,16H2,1-2H3. The molecule has 3 heteroatoms. The number of rotatable bonds is 5. The molecule has 1 unspecified atom stereocenters. The Bertz CT molecular complexity index is 487. The van der Waals surface area contributed by atoms with E-state index in [2.05, 4.69) is 36.6 Å². The van der Waals surface area contributed by atoms with Gasteiger partial charge in [0.1, 0.15) is 11.8 Å². The second-order valence-corrected chi connectivity index (χ2v) is 4.56. The molecule has 1 aromatic heterocycles. The van der Waals surface area contributed by atoms with Crippen LogP contribution in [0, 0.1) is 6.92 Å². The summed E-state index contributed by atoms with van der Waals surface area (Å²) in [4.78, 5) is 0. The summed E-state index contributed by atoms with van der Waals surface area (Å²) in [6.07, 6.45) is 3.97. The fraction of sp³-hybridized carbons (Fsp3) is 0.333. The molecule has 0 aliphatic rings. The first-order valence-corrected chi connectivity index (χ1v) is 6.35. The topological polar surface area (TPSA) is 51.2 Å². The maximum absolute atomic E-state index is 5.65. The van der Waals surface area contributed by atoms with Crippen LogP contribution in [0.25, 0.3) is 0 Å². The average molecular weight is 244 g/mol. The van der Waals surface area contributed by atoms with Gasteiger partial charge in [-0.1, -0.05) is 37.6 Å². The van der Waals surface area contributed by atoms with Crippen molar-refractivity contribution in [2.24, 2.45) is 5.84 Å². The van der Waals surface area contributed by atoms with Gasteiger partial charge in [0.25, 0.3) is 0 Å². The Labute approximate surface area is 108 Å². The van der Waals surface area contributed by atoms with Crippen molar-refractivity contribution in [2.75, 3.05) is 0 Å². The highest BCUT2D eigenvalue weighted by Crippen LogP contribution is 2.25. The van der Waals surface area contributed by atoms with E-state index in [1.165, 1.54) is 5.56 Å². The van der Waals surface area contributed by atoms with Gasteiger partial charge in [-0.25, -0.2) is 5.43 Å². The summed E-state index contributed by atoms with van der Waals surface area (Å²) in [5.41, 5.74) is 6.40. The van der Waals surface area contributed by atoms with Crippen molar-refractivity contribution in [3.05, 3.63) is 59.0 Å². The van der Waals surface area contributed by atoms with Crippen molar-refractivity contribution in [1.29, 1.82) is 0 Å². The first kappa shape index (κ1) is 12.9. The third kappa shape index (κ3) is 2.63. The Morgan fingerprint density at radius 3 is 2.44 bits per heavy atom. The number of benzene rings is 1. The van der Waals surface area contributed by atoms with Crippen LogP contribution >= 0.6 is 0 Å². The van der Waals surface area contributed by atoms with E-state index in [0.29, 0.717) is 0 Å². The lowest BCUT2D eigenvalue weighted by Gasteiger charge is -2.15. The van der Waals surface area contributed by atoms with Gasteiger partial charge in [-0.05, 0) is 36.1 Å². The summed E-state index contributed by atoms with van der Waals surface area (Å²) in [5, 5.41) is 0. The van der Waals surface area contributed by atoms with E-state index in [-0.39, 0.29) is 6.04 Å². The van der Waals surface area contributed by atoms with E-state index < -0.39 is 0 Å². The quantitative estimate of drug-likeness (QED) is 0.627. The molecular formula is C15H20N2O. The molecular weight excluding hydrogens is 224 g/mol. The molecule has 1 atom stereocenters. The molecule has 0 saturated heterocycles. The molecule has 1 aromatic carbocycles. The van der Waals surface area contributed by atoms with Crippen LogP contribution in [0.15, 0.2) is 41.0 Å². The third-order valence-corrected chi connectivity index (χ3v) is 3.18. The summed E-state index contributed by atoms with van der Waals surface area (Å²) >= 11 is 0. The van der Waals surface area contributed by atoms with E-state index in [9.17, 15) is 0 Å². The van der Waals surface area contributed by atoms with Gasteiger partial charge in [-0.2, -0.15) is 0 Å². The Morgan fingerprint density at radius 1 is 1.22 bits per heavy atom. The van der Waals surface area contributed by atoms with Crippen LogP contribution in [0.1, 0.15) is 41.8 Å². The van der Waals surface area contributed by atoms with Crippen molar-refractivity contribution >= 4 is 0 Å². The number of aryl methyl sites for hydroxylation is 2. The molecule has 0 aliphatic heterocycles. The Kier molecular flexibility index (Phi) is 4.18. The number of nitrogens with one attached hydrogen (secondary N) is 1. The first-order chi connectivity index (χ1) is 8.76. The lowest BCUT2D eigenvalue weighted by atomic mass is 10.00. The van der Waals surface area contributed by atoms with E-state index in [1.807, 2.05) is 13.0 Å². The predicted molar refractivity (Wildman–Crippen MR) is 73.0 cm³/mol. The van der Waals surface area contributed by atoms with E-state index in [1.54, 1.807) is 6.26 Å². The van der Waals surface area contributed by atoms with Gasteiger partial charge in [0.2, 0.25) is 0 Å². The number of hydrazine groups is 1. The minimum absolute atomic E-state index is 0.0873. The molecule has 0 saturated carbocycles. The normalized spacial score (nSPS) is 12.6. The molecule has 18 heavy (non-hydrogen) atoms. The van der Waals surface area contributed by atoms with Crippen LogP contribution < -0.4 is 11.3 Å². The molecule has 0 spiro atoms. The van der Waals surface area contributed by atoms with Gasteiger partial charge in [0.05, 0.1) is 6.26 Å². The maximum atomic E-state index is 5.65. The van der Waals surface area contributed by atoms with Crippen LogP contribution in [0.2, 0.25) is 0 Å². The van der Waals surface area contributed by atoms with Gasteiger partial charge in [-0.3, -0.25) is 5.84 Å². The zero-order valence-electron chi connectivity index (χ0n) is 10.9. The molecule has 0 aliphatic carbocycles. The summed E-state index contributed by atoms with van der Waals surface area (Å²) < 4.78 is 5.51. The van der Waals surface area contributed by atoms with Crippen LogP contribution in [0.3, 0.4) is 0 Å². The lowest BCUT2D eigenvalue weighted by Crippen LogP contribution is -2.29. The van der Waals surface area contributed by atoms with E-state index in [4.69, 9.17) is 10.3 Å². The van der Waals surface area contributed by atoms with Crippen molar-refractivity contribution in [3.8, 4) is 0 Å². The van der Waals surface area contributed by atoms with Gasteiger partial charge in [0, 0.05) is 0 Å². The highest BCUT2D eigenvalue weighted by atomic mass is 16.3. The van der Waals surface area contributed by atoms with Crippen molar-refractivity contribution in [2.45, 2.75) is 32.7 Å². The van der Waals surface area contributed by atoms with E-state index >= 15 is 0 Å². The zero-order chi connectivity index (χ0) is 13.0. The molecule has 0 bridgehead atoms. The molecule has 0 radical (unpaired) electrons. The smallest absolute Gasteiger partial charge is 0.129 e. The van der Waals surface area contributed by atoms with Crippen molar-refractivity contribution in [3.63, 3.8) is 0 Å². The second-order valence-electron chi connectivity index (χ2n) is 4.56. The summed E-state index contributed by atoms with van der Waals surface area (Å²) in [7, 11) is 0. The minimum atomic E-state index is -0.0873. The van der Waals surface area contributed by atoms with Crippen LogP contribution in [0.5, 0.6) is 0 Å². The van der Waals surface area contributed by atoms with Crippen molar-refractivity contribution < 1.29 is 4.42 Å². The first-order valence-electron chi connectivity index (χ1n) is 6.35. The summed E-state index contributed by atoms with van der Waals surface area (Å²) in [6.45, 7) is 4.21. The van der Waals surface area contributed by atoms with E-state index in [0.717, 1.165) is 29.7 Å². The van der Waals surface area contributed by atoms with Crippen LogP contribution in [-0.4, -0.2) is 0 Å². The molecule has 2 aromatic rings. The Balaban J connectivity index is 2.25. The Morgan fingerprint density at radius 2 is 1.94 bits per heavy atom. The predicted octanol–water partition coefficient (Wildman–Crippen LogP) is 3.09. The minimum Gasteiger partial charge on any atom is -0.467 e. The molecule has 3 N–H and O–H groups in total. The highest BCUT2D eigenvalue weighted by molar-refractivity contribution is 5.32. The monoisotopic (exact) mass is 244 g/mol. The summed E-state index contributed by atoms with van der Waals surface area (Å²) in [5.74, 6) is 6.53. The van der Waals surface area contributed by atoms with Gasteiger partial charge < -0.3 is 4.42 Å². The average Bonchev–Trinajstić information content (AvgIpc) is 2.79. The van der Waals surface area contributed by atoms with Gasteiger partial charge in [0.15, 0.2) is 0 Å². The second kappa shape index (κ2) is 5.85. The molecule has 2 rings (SSSR count). The number of nitrogens with two attached hydrogens (primary N) is 1. The van der Waals surface area contributed by atoms with Crippen molar-refractivity contribution in [1.82, 2.24) is 5.43 Å². The zero-order valence-corrected chi connectivity index (χ0v) is 10.9. The fourth-order valence-corrected chi connectivity index (χ4v) is 2.17. The molecule has 3 nitrogen and oxygen atoms in total. The SMILES string of the molecule is CCCc1ccc(C(NN)c2occc2C)cc1. The molecule has 0 fully saturated rings. The largest absolute Gasteiger partial charge is 0.467 e. The number of furan rings is 1. The van der Waals surface area contributed by atoms with Gasteiger partial charge in [-0.15, -0.1) is 0 Å². The molecule has 96 valence electrons. The number of hydrogen-bond acceptors (Lipinski definition) is 3. The van der Waals surface area contributed by atoms with Crippen LogP contribution in [-0.2, 0) is 6.42 Å². The lowest BCUT2D eigenvalue weighted by molar-refractivity contribution is 0.449. The molecule has 0 amide bonds. The van der Waals surface area contributed by atoms with Crippen LogP contribution in [0.4, 0.5) is 0 Å². The maximum Gasteiger partial charge on any atom is 0.129 e. The van der Waals surface area contributed by atoms with Gasteiger partial charge >= 0.3 is 0 Å². The Hall–Kier alpha value is -1.58. The highest BCUT2D eigenvalue weighted by Gasteiger charge is 2.17. The molecule has 1 heterocycles. The third-order valence-electron chi connectivity index (χ3n) is 3.18. The fourth-order valence-electron chi connectivity index (χ4n) is 2.17.